The number of rotatable bonds is 5. The van der Waals surface area contributed by atoms with Gasteiger partial charge < -0.3 is 10.1 Å². The van der Waals surface area contributed by atoms with Gasteiger partial charge in [-0.2, -0.15) is 0 Å². The van der Waals surface area contributed by atoms with Gasteiger partial charge in [-0.1, -0.05) is 34.1 Å². The first kappa shape index (κ1) is 25.4. The number of ether oxygens (including phenoxy) is 1. The van der Waals surface area contributed by atoms with Crippen molar-refractivity contribution < 1.29 is 13.9 Å². The Morgan fingerprint density at radius 2 is 1.85 bits per heavy atom. The summed E-state index contributed by atoms with van der Waals surface area (Å²) in [7, 11) is 0. The second kappa shape index (κ2) is 10.9. The van der Waals surface area contributed by atoms with Crippen LogP contribution in [0, 0.1) is 23.2 Å². The van der Waals surface area contributed by atoms with Gasteiger partial charge in [0.05, 0.1) is 18.6 Å². The van der Waals surface area contributed by atoms with Crippen molar-refractivity contribution in [3.05, 3.63) is 94.0 Å². The first-order valence-electron chi connectivity index (χ1n) is 10.1. The van der Waals surface area contributed by atoms with Crippen molar-refractivity contribution in [2.75, 3.05) is 0 Å². The number of hydrogen-bond donors (Lipinski definition) is 1. The third-order valence-corrected chi connectivity index (χ3v) is 8.50. The Hall–Kier alpha value is -1.69. The van der Waals surface area contributed by atoms with Gasteiger partial charge in [-0.15, -0.1) is 0 Å². The van der Waals surface area contributed by atoms with Gasteiger partial charge in [0, 0.05) is 10.0 Å². The number of thioether (sulfide) groups is 1. The van der Waals surface area contributed by atoms with Gasteiger partial charge in [0.15, 0.2) is 5.17 Å². The lowest BCUT2D eigenvalue weighted by Crippen LogP contribution is -2.19. The molecule has 1 fully saturated rings. The number of halogens is 4. The monoisotopic (exact) mass is 714 g/mol. The summed E-state index contributed by atoms with van der Waals surface area (Å²) >= 11 is 10.6. The molecule has 0 radical (unpaired) electrons. The highest BCUT2D eigenvalue weighted by Crippen LogP contribution is 2.35. The van der Waals surface area contributed by atoms with E-state index in [0.29, 0.717) is 21.4 Å². The minimum Gasteiger partial charge on any atom is -0.486 e. The molecule has 4 nitrogen and oxygen atoms in total. The zero-order valence-electron chi connectivity index (χ0n) is 18.1. The fourth-order valence-corrected chi connectivity index (χ4v) is 6.14. The summed E-state index contributed by atoms with van der Waals surface area (Å²) in [6, 6.07) is 14.3. The molecular weight excluding hydrogens is 698 g/mol. The number of benzene rings is 3. The van der Waals surface area contributed by atoms with Crippen molar-refractivity contribution in [2.24, 2.45) is 4.99 Å². The summed E-state index contributed by atoms with van der Waals surface area (Å²) in [6.07, 6.45) is 1.81. The fraction of sp³-hybridized carbons (Fsp3) is 0.120. The molecule has 1 N–H and O–H groups in total. The number of nitrogens with zero attached hydrogens (tertiary/aromatic N) is 1. The normalized spacial score (nSPS) is 15.8. The Bertz CT molecular complexity index is 1310. The lowest BCUT2D eigenvalue weighted by Gasteiger charge is -2.12. The Labute approximate surface area is 231 Å². The maximum Gasteiger partial charge on any atom is 0.264 e. The summed E-state index contributed by atoms with van der Waals surface area (Å²) in [5.41, 5.74) is 4.28. The van der Waals surface area contributed by atoms with Crippen LogP contribution >= 0.6 is 66.2 Å². The van der Waals surface area contributed by atoms with Crippen molar-refractivity contribution in [1.29, 1.82) is 0 Å². The van der Waals surface area contributed by atoms with Gasteiger partial charge in [0.25, 0.3) is 5.91 Å². The molecule has 0 saturated carbocycles. The van der Waals surface area contributed by atoms with Crippen LogP contribution in [0.25, 0.3) is 6.08 Å². The molecule has 34 heavy (non-hydrogen) atoms. The molecule has 174 valence electrons. The van der Waals surface area contributed by atoms with Crippen molar-refractivity contribution in [2.45, 2.75) is 20.5 Å². The smallest absolute Gasteiger partial charge is 0.264 e. The Kier molecular flexibility index (Phi) is 8.16. The Morgan fingerprint density at radius 3 is 2.53 bits per heavy atom. The maximum absolute atomic E-state index is 13.9. The topological polar surface area (TPSA) is 50.7 Å². The second-order valence-corrected chi connectivity index (χ2v) is 11.4. The van der Waals surface area contributed by atoms with E-state index in [9.17, 15) is 9.18 Å². The molecule has 0 aromatic heterocycles. The number of amidine groups is 1. The maximum atomic E-state index is 13.9. The molecule has 9 heteroatoms. The lowest BCUT2D eigenvalue weighted by atomic mass is 10.1. The van der Waals surface area contributed by atoms with Crippen LogP contribution in [0.15, 0.2) is 67.4 Å². The molecule has 1 aliphatic heterocycles. The van der Waals surface area contributed by atoms with E-state index in [-0.39, 0.29) is 18.3 Å². The van der Waals surface area contributed by atoms with E-state index in [4.69, 9.17) is 4.74 Å². The van der Waals surface area contributed by atoms with Crippen LogP contribution in [-0.4, -0.2) is 11.1 Å². The third-order valence-electron chi connectivity index (χ3n) is 4.95. The average Bonchev–Trinajstić information content (AvgIpc) is 3.11. The van der Waals surface area contributed by atoms with Crippen LogP contribution in [0.5, 0.6) is 5.75 Å². The average molecular weight is 716 g/mol. The zero-order valence-corrected chi connectivity index (χ0v) is 24.2. The molecule has 0 atom stereocenters. The lowest BCUT2D eigenvalue weighted by molar-refractivity contribution is -0.115. The van der Waals surface area contributed by atoms with Crippen LogP contribution in [0.3, 0.4) is 0 Å². The number of aryl methyl sites for hydroxylation is 2. The SMILES string of the molecule is Cc1cc(N=C2NC(=O)/C(=C/c3cc(Br)c(OCc4ccccc4F)c(I)c3)S2)cc(C)c1Br. The van der Waals surface area contributed by atoms with Gasteiger partial charge >= 0.3 is 0 Å². The van der Waals surface area contributed by atoms with Gasteiger partial charge in [-0.3, -0.25) is 4.79 Å². The number of hydrogen-bond acceptors (Lipinski definition) is 4. The molecule has 4 rings (SSSR count). The molecule has 1 amide bonds. The molecule has 3 aromatic rings. The summed E-state index contributed by atoms with van der Waals surface area (Å²) in [6.45, 7) is 4.14. The molecule has 0 spiro atoms. The first-order valence-corrected chi connectivity index (χ1v) is 13.6. The zero-order chi connectivity index (χ0) is 24.4. The molecule has 1 aliphatic rings. The van der Waals surface area contributed by atoms with Crippen LogP contribution in [0.4, 0.5) is 10.1 Å². The Morgan fingerprint density at radius 1 is 1.15 bits per heavy atom. The number of nitrogens with one attached hydrogen (secondary N) is 1. The predicted molar refractivity (Wildman–Crippen MR) is 152 cm³/mol. The van der Waals surface area contributed by atoms with E-state index in [1.807, 2.05) is 44.2 Å². The first-order chi connectivity index (χ1) is 16.2. The van der Waals surface area contributed by atoms with Gasteiger partial charge in [0.2, 0.25) is 0 Å². The highest BCUT2D eigenvalue weighted by molar-refractivity contribution is 14.1. The van der Waals surface area contributed by atoms with Crippen LogP contribution in [-0.2, 0) is 11.4 Å². The largest absolute Gasteiger partial charge is 0.486 e. The number of carbonyl (C=O) groups excluding carboxylic acids is 1. The predicted octanol–water partition coefficient (Wildman–Crippen LogP) is 8.04. The van der Waals surface area contributed by atoms with Crippen LogP contribution in [0.1, 0.15) is 22.3 Å². The van der Waals surface area contributed by atoms with Gasteiger partial charge in [-0.05, 0) is 117 Å². The molecule has 0 aliphatic carbocycles. The van der Waals surface area contributed by atoms with Crippen molar-refractivity contribution in [3.8, 4) is 5.75 Å². The minimum absolute atomic E-state index is 0.120. The molecule has 1 saturated heterocycles. The highest BCUT2D eigenvalue weighted by atomic mass is 127. The van der Waals surface area contributed by atoms with E-state index >= 15 is 0 Å². The minimum atomic E-state index is -0.301. The van der Waals surface area contributed by atoms with Gasteiger partial charge in [-0.25, -0.2) is 9.38 Å². The van der Waals surface area contributed by atoms with E-state index in [1.54, 1.807) is 18.2 Å². The van der Waals surface area contributed by atoms with E-state index in [1.165, 1.54) is 17.8 Å². The molecule has 1 heterocycles. The quantitative estimate of drug-likeness (QED) is 0.215. The second-order valence-electron chi connectivity index (χ2n) is 7.57. The van der Waals surface area contributed by atoms with Crippen molar-refractivity contribution >= 4 is 89.1 Å². The standard InChI is InChI=1S/C25H18Br2FIN2O2S/c1-13-7-17(8-14(2)22(13)27)30-25-31-24(32)21(34-25)11-15-9-18(26)23(20(29)10-15)33-12-16-5-3-4-6-19(16)28/h3-11H,12H2,1-2H3,(H,30,31,32)/b21-11-. The Balaban J connectivity index is 1.52. The third kappa shape index (κ3) is 5.92. The molecule has 0 bridgehead atoms. The summed E-state index contributed by atoms with van der Waals surface area (Å²) in [5, 5.41) is 3.37. The fourth-order valence-electron chi connectivity index (χ4n) is 3.30. The number of aliphatic imine (C=N–C) groups is 1. The van der Waals surface area contributed by atoms with Gasteiger partial charge in [0.1, 0.15) is 18.2 Å². The van der Waals surface area contributed by atoms with Crippen molar-refractivity contribution in [1.82, 2.24) is 5.32 Å². The van der Waals surface area contributed by atoms with Crippen LogP contribution in [0.2, 0.25) is 0 Å². The number of amides is 1. The summed E-state index contributed by atoms with van der Waals surface area (Å²) < 4.78 is 22.4. The van der Waals surface area contributed by atoms with E-state index in [0.717, 1.165) is 34.9 Å². The van der Waals surface area contributed by atoms with Crippen molar-refractivity contribution in [3.63, 3.8) is 0 Å². The van der Waals surface area contributed by atoms with E-state index < -0.39 is 0 Å². The molecule has 0 unspecified atom stereocenters. The number of carbonyl (C=O) groups is 1. The summed E-state index contributed by atoms with van der Waals surface area (Å²) in [5.74, 6) is 0.128. The van der Waals surface area contributed by atoms with E-state index in [2.05, 4.69) is 64.8 Å². The summed E-state index contributed by atoms with van der Waals surface area (Å²) in [4.78, 5) is 17.7. The molecular formula is C25H18Br2FIN2O2S. The molecule has 3 aromatic carbocycles. The highest BCUT2D eigenvalue weighted by Gasteiger charge is 2.24. The van der Waals surface area contributed by atoms with Crippen LogP contribution < -0.4 is 10.1 Å².